The van der Waals surface area contributed by atoms with Crippen molar-refractivity contribution in [3.05, 3.63) is 83.3 Å². The monoisotopic (exact) mass is 378 g/mol. The number of anilines is 1. The van der Waals surface area contributed by atoms with Gasteiger partial charge in [0.05, 0.1) is 13.4 Å². The molecule has 6 nitrogen and oxygen atoms in total. The highest BCUT2D eigenvalue weighted by Crippen LogP contribution is 2.22. The van der Waals surface area contributed by atoms with Crippen LogP contribution in [-0.4, -0.2) is 30.9 Å². The molecular formula is C22H22N2O4. The summed E-state index contributed by atoms with van der Waals surface area (Å²) in [4.78, 5) is 26.4. The number of rotatable bonds is 6. The van der Waals surface area contributed by atoms with Crippen LogP contribution in [-0.2, 0) is 6.54 Å². The Labute approximate surface area is 163 Å². The second-order valence-electron chi connectivity index (χ2n) is 6.49. The van der Waals surface area contributed by atoms with Gasteiger partial charge in [0.25, 0.3) is 11.8 Å². The molecule has 0 aliphatic heterocycles. The lowest BCUT2D eigenvalue weighted by Crippen LogP contribution is -2.26. The highest BCUT2D eigenvalue weighted by atomic mass is 16.5. The second-order valence-corrected chi connectivity index (χ2v) is 6.49. The first-order valence-corrected chi connectivity index (χ1v) is 8.82. The third-order valence-corrected chi connectivity index (χ3v) is 4.32. The van der Waals surface area contributed by atoms with Gasteiger partial charge in [0.15, 0.2) is 5.76 Å². The second kappa shape index (κ2) is 8.43. The average molecular weight is 378 g/mol. The fourth-order valence-electron chi connectivity index (χ4n) is 2.88. The van der Waals surface area contributed by atoms with Crippen molar-refractivity contribution >= 4 is 17.5 Å². The van der Waals surface area contributed by atoms with Gasteiger partial charge in [-0.25, -0.2) is 0 Å². The molecule has 0 radical (unpaired) electrons. The van der Waals surface area contributed by atoms with Crippen LogP contribution in [0.25, 0.3) is 0 Å². The highest BCUT2D eigenvalue weighted by Gasteiger charge is 2.15. The first-order valence-electron chi connectivity index (χ1n) is 8.82. The largest absolute Gasteiger partial charge is 0.496 e. The van der Waals surface area contributed by atoms with E-state index in [4.69, 9.17) is 9.15 Å². The molecule has 28 heavy (non-hydrogen) atoms. The molecule has 0 spiro atoms. The highest BCUT2D eigenvalue weighted by molar-refractivity contribution is 6.02. The molecule has 0 aliphatic carbocycles. The number of carbonyl (C=O) groups is 2. The zero-order valence-corrected chi connectivity index (χ0v) is 16.1. The standard InChI is InChI=1S/C22H22N2O4/c1-15-6-11-19(27-3)17(13-15)14-24(2)22(26)16-7-9-18(10-8-16)23-21(25)20-5-4-12-28-20/h4-13H,14H2,1-3H3,(H,23,25). The van der Waals surface area contributed by atoms with E-state index < -0.39 is 0 Å². The summed E-state index contributed by atoms with van der Waals surface area (Å²) in [5.41, 5.74) is 3.17. The van der Waals surface area contributed by atoms with Gasteiger partial charge in [-0.3, -0.25) is 9.59 Å². The Morgan fingerprint density at radius 2 is 1.86 bits per heavy atom. The van der Waals surface area contributed by atoms with Gasteiger partial charge in [-0.05, 0) is 49.4 Å². The van der Waals surface area contributed by atoms with Gasteiger partial charge in [0.1, 0.15) is 5.75 Å². The van der Waals surface area contributed by atoms with Crippen molar-refractivity contribution in [3.63, 3.8) is 0 Å². The molecular weight excluding hydrogens is 356 g/mol. The van der Waals surface area contributed by atoms with E-state index in [1.54, 1.807) is 55.5 Å². The van der Waals surface area contributed by atoms with Gasteiger partial charge in [-0.15, -0.1) is 0 Å². The Bertz CT molecular complexity index is 963. The fraction of sp³-hybridized carbons (Fsp3) is 0.182. The number of benzene rings is 2. The summed E-state index contributed by atoms with van der Waals surface area (Å²) in [6.07, 6.45) is 1.44. The number of hydrogen-bond donors (Lipinski definition) is 1. The number of methoxy groups -OCH3 is 1. The van der Waals surface area contributed by atoms with Gasteiger partial charge in [0.2, 0.25) is 0 Å². The molecule has 0 saturated heterocycles. The van der Waals surface area contributed by atoms with Crippen molar-refractivity contribution in [2.45, 2.75) is 13.5 Å². The maximum atomic E-state index is 12.7. The van der Waals surface area contributed by atoms with Gasteiger partial charge < -0.3 is 19.4 Å². The Morgan fingerprint density at radius 1 is 1.11 bits per heavy atom. The molecule has 2 aromatic carbocycles. The van der Waals surface area contributed by atoms with Crippen molar-refractivity contribution in [1.82, 2.24) is 4.90 Å². The summed E-state index contributed by atoms with van der Waals surface area (Å²) >= 11 is 0. The van der Waals surface area contributed by atoms with Crippen molar-refractivity contribution < 1.29 is 18.7 Å². The smallest absolute Gasteiger partial charge is 0.291 e. The predicted molar refractivity (Wildman–Crippen MR) is 107 cm³/mol. The van der Waals surface area contributed by atoms with Crippen LogP contribution in [0.1, 0.15) is 32.0 Å². The number of nitrogens with one attached hydrogen (secondary N) is 1. The van der Waals surface area contributed by atoms with E-state index in [2.05, 4.69) is 5.32 Å². The van der Waals surface area contributed by atoms with Gasteiger partial charge in [-0.1, -0.05) is 17.7 Å². The number of ether oxygens (including phenoxy) is 1. The summed E-state index contributed by atoms with van der Waals surface area (Å²) < 4.78 is 10.4. The van der Waals surface area contributed by atoms with Gasteiger partial charge >= 0.3 is 0 Å². The van der Waals surface area contributed by atoms with E-state index in [1.165, 1.54) is 6.26 Å². The van der Waals surface area contributed by atoms with Crippen molar-refractivity contribution in [2.24, 2.45) is 0 Å². The van der Waals surface area contributed by atoms with Crippen LogP contribution >= 0.6 is 0 Å². The van der Waals surface area contributed by atoms with E-state index in [9.17, 15) is 9.59 Å². The molecule has 1 aromatic heterocycles. The predicted octanol–water partition coefficient (Wildman–Crippen LogP) is 4.12. The molecule has 0 saturated carbocycles. The Hall–Kier alpha value is -3.54. The van der Waals surface area contributed by atoms with Crippen LogP contribution in [0.15, 0.2) is 65.3 Å². The minimum absolute atomic E-state index is 0.118. The molecule has 0 atom stereocenters. The SMILES string of the molecule is COc1ccc(C)cc1CN(C)C(=O)c1ccc(NC(=O)c2ccco2)cc1. The van der Waals surface area contributed by atoms with Crippen LogP contribution < -0.4 is 10.1 Å². The summed E-state index contributed by atoms with van der Waals surface area (Å²) in [7, 11) is 3.36. The Kier molecular flexibility index (Phi) is 5.79. The van der Waals surface area contributed by atoms with Crippen LogP contribution in [0.2, 0.25) is 0 Å². The van der Waals surface area contributed by atoms with E-state index in [1.807, 2.05) is 25.1 Å². The quantitative estimate of drug-likeness (QED) is 0.700. The van der Waals surface area contributed by atoms with E-state index in [0.29, 0.717) is 17.8 Å². The zero-order valence-electron chi connectivity index (χ0n) is 16.1. The number of furan rings is 1. The molecule has 1 N–H and O–H groups in total. The molecule has 0 unspecified atom stereocenters. The number of aryl methyl sites for hydroxylation is 1. The lowest BCUT2D eigenvalue weighted by molar-refractivity contribution is 0.0784. The molecule has 0 aliphatic rings. The van der Waals surface area contributed by atoms with E-state index in [-0.39, 0.29) is 17.6 Å². The molecule has 3 rings (SSSR count). The molecule has 2 amide bonds. The number of amides is 2. The fourth-order valence-corrected chi connectivity index (χ4v) is 2.88. The molecule has 6 heteroatoms. The number of carbonyl (C=O) groups excluding carboxylic acids is 2. The van der Waals surface area contributed by atoms with Gasteiger partial charge in [-0.2, -0.15) is 0 Å². The summed E-state index contributed by atoms with van der Waals surface area (Å²) in [5.74, 6) is 0.522. The zero-order chi connectivity index (χ0) is 20.1. The van der Waals surface area contributed by atoms with E-state index >= 15 is 0 Å². The molecule has 144 valence electrons. The third kappa shape index (κ3) is 4.40. The van der Waals surface area contributed by atoms with Crippen LogP contribution in [0.4, 0.5) is 5.69 Å². The van der Waals surface area contributed by atoms with Crippen LogP contribution in [0, 0.1) is 6.92 Å². The van der Waals surface area contributed by atoms with Crippen molar-refractivity contribution in [3.8, 4) is 5.75 Å². The first kappa shape index (κ1) is 19.2. The van der Waals surface area contributed by atoms with Crippen LogP contribution in [0.5, 0.6) is 5.75 Å². The van der Waals surface area contributed by atoms with E-state index in [0.717, 1.165) is 16.9 Å². The summed E-state index contributed by atoms with van der Waals surface area (Å²) in [6.45, 7) is 2.43. The minimum Gasteiger partial charge on any atom is -0.496 e. The number of hydrogen-bond acceptors (Lipinski definition) is 4. The summed E-state index contributed by atoms with van der Waals surface area (Å²) in [5, 5.41) is 2.73. The van der Waals surface area contributed by atoms with Crippen LogP contribution in [0.3, 0.4) is 0 Å². The maximum absolute atomic E-state index is 12.7. The lowest BCUT2D eigenvalue weighted by atomic mass is 10.1. The molecule has 0 bridgehead atoms. The third-order valence-electron chi connectivity index (χ3n) is 4.32. The molecule has 1 heterocycles. The Morgan fingerprint density at radius 3 is 2.50 bits per heavy atom. The topological polar surface area (TPSA) is 71.8 Å². The molecule has 0 fully saturated rings. The van der Waals surface area contributed by atoms with Gasteiger partial charge in [0, 0.05) is 30.4 Å². The van der Waals surface area contributed by atoms with Crippen molar-refractivity contribution in [1.29, 1.82) is 0 Å². The Balaban J connectivity index is 1.67. The normalized spacial score (nSPS) is 10.4. The first-order chi connectivity index (χ1) is 13.5. The summed E-state index contributed by atoms with van der Waals surface area (Å²) in [6, 6.07) is 15.9. The minimum atomic E-state index is -0.340. The maximum Gasteiger partial charge on any atom is 0.291 e. The number of nitrogens with zero attached hydrogens (tertiary/aromatic N) is 1. The molecule has 3 aromatic rings. The lowest BCUT2D eigenvalue weighted by Gasteiger charge is -2.19. The average Bonchev–Trinajstić information content (AvgIpc) is 3.23. The van der Waals surface area contributed by atoms with Crippen molar-refractivity contribution in [2.75, 3.05) is 19.5 Å².